The summed E-state index contributed by atoms with van der Waals surface area (Å²) in [5, 5.41) is 14.2. The molecule has 1 atom stereocenters. The van der Waals surface area contributed by atoms with Crippen LogP contribution in [-0.2, 0) is 17.5 Å². The molecule has 20 heavy (non-hydrogen) atoms. The maximum absolute atomic E-state index is 9.44. The molecule has 0 radical (unpaired) electrons. The minimum absolute atomic E-state index is 0.0252. The van der Waals surface area contributed by atoms with Gasteiger partial charge in [-0.15, -0.1) is 0 Å². The first kappa shape index (κ1) is 17.4. The molecular weight excluding hydrogens is 268 g/mol. The van der Waals surface area contributed by atoms with Gasteiger partial charge in [-0.3, -0.25) is 4.68 Å². The number of hydrogen-bond donors (Lipinski definition) is 1. The van der Waals surface area contributed by atoms with Crippen LogP contribution in [0.5, 0.6) is 0 Å². The second kappa shape index (κ2) is 6.41. The zero-order valence-corrected chi connectivity index (χ0v) is 15.0. The summed E-state index contributed by atoms with van der Waals surface area (Å²) >= 11 is 0. The molecule has 0 bridgehead atoms. The lowest BCUT2D eigenvalue weighted by Crippen LogP contribution is -2.42. The molecule has 1 N–H and O–H groups in total. The van der Waals surface area contributed by atoms with Gasteiger partial charge in [-0.25, -0.2) is 0 Å². The van der Waals surface area contributed by atoms with E-state index in [1.807, 2.05) is 10.7 Å². The van der Waals surface area contributed by atoms with Gasteiger partial charge in [0, 0.05) is 0 Å². The molecule has 1 rings (SSSR count). The van der Waals surface area contributed by atoms with Gasteiger partial charge in [0.15, 0.2) is 8.32 Å². The van der Waals surface area contributed by atoms with Crippen LogP contribution in [0.4, 0.5) is 0 Å². The van der Waals surface area contributed by atoms with Crippen molar-refractivity contribution in [2.75, 3.05) is 6.61 Å². The number of aliphatic hydroxyl groups excluding tert-OH is 1. The molecule has 0 spiro atoms. The molecule has 4 nitrogen and oxygen atoms in total. The van der Waals surface area contributed by atoms with Gasteiger partial charge >= 0.3 is 0 Å². The van der Waals surface area contributed by atoms with Crippen LogP contribution >= 0.6 is 0 Å². The molecular formula is C15H30N2O2Si. The van der Waals surface area contributed by atoms with E-state index in [0.717, 1.165) is 17.8 Å². The van der Waals surface area contributed by atoms with Crippen molar-refractivity contribution in [1.82, 2.24) is 9.78 Å². The Morgan fingerprint density at radius 1 is 1.40 bits per heavy atom. The Bertz CT molecular complexity index is 436. The Hall–Kier alpha value is -0.653. The average Bonchev–Trinajstić information content (AvgIpc) is 2.78. The van der Waals surface area contributed by atoms with E-state index in [-0.39, 0.29) is 17.7 Å². The smallest absolute Gasteiger partial charge is 0.192 e. The van der Waals surface area contributed by atoms with Crippen molar-refractivity contribution in [2.24, 2.45) is 0 Å². The molecule has 1 aromatic rings. The van der Waals surface area contributed by atoms with Gasteiger partial charge in [-0.2, -0.15) is 5.10 Å². The van der Waals surface area contributed by atoms with E-state index in [1.54, 1.807) is 0 Å². The van der Waals surface area contributed by atoms with Crippen molar-refractivity contribution in [3.05, 3.63) is 17.5 Å². The summed E-state index contributed by atoms with van der Waals surface area (Å²) in [5.74, 6) is 0. The van der Waals surface area contributed by atoms with Gasteiger partial charge < -0.3 is 9.53 Å². The van der Waals surface area contributed by atoms with Crippen LogP contribution in [0.1, 0.15) is 52.0 Å². The van der Waals surface area contributed by atoms with Crippen molar-refractivity contribution >= 4 is 8.32 Å². The summed E-state index contributed by atoms with van der Waals surface area (Å²) in [6.07, 6.45) is 0.885. The molecule has 0 amide bonds. The Labute approximate surface area is 124 Å². The zero-order chi connectivity index (χ0) is 15.6. The molecule has 0 fully saturated rings. The molecule has 5 heteroatoms. The number of rotatable bonds is 6. The summed E-state index contributed by atoms with van der Waals surface area (Å²) in [5.41, 5.74) is 1.89. The summed E-state index contributed by atoms with van der Waals surface area (Å²) in [6, 6.07) is 2.12. The maximum Gasteiger partial charge on any atom is 0.192 e. The average molecular weight is 299 g/mol. The normalized spacial score (nSPS) is 14.6. The van der Waals surface area contributed by atoms with Gasteiger partial charge in [0.2, 0.25) is 0 Å². The predicted octanol–water partition coefficient (Wildman–Crippen LogP) is 3.52. The summed E-state index contributed by atoms with van der Waals surface area (Å²) in [7, 11) is -1.73. The second-order valence-corrected chi connectivity index (χ2v) is 11.8. The summed E-state index contributed by atoms with van der Waals surface area (Å²) in [4.78, 5) is 0. The van der Waals surface area contributed by atoms with E-state index in [1.165, 1.54) is 0 Å². The van der Waals surface area contributed by atoms with Crippen LogP contribution < -0.4 is 0 Å². The van der Waals surface area contributed by atoms with Crippen LogP contribution in [0.2, 0.25) is 18.1 Å². The number of nitrogens with zero attached hydrogens (tertiary/aromatic N) is 2. The van der Waals surface area contributed by atoms with Gasteiger partial charge in [-0.1, -0.05) is 27.7 Å². The Morgan fingerprint density at radius 3 is 2.45 bits per heavy atom. The van der Waals surface area contributed by atoms with Crippen LogP contribution in [0.3, 0.4) is 0 Å². The molecule has 0 saturated carbocycles. The topological polar surface area (TPSA) is 47.3 Å². The summed E-state index contributed by atoms with van der Waals surface area (Å²) < 4.78 is 8.16. The highest BCUT2D eigenvalue weighted by Crippen LogP contribution is 2.37. The van der Waals surface area contributed by atoms with Crippen molar-refractivity contribution in [2.45, 2.75) is 71.8 Å². The lowest BCUT2D eigenvalue weighted by Gasteiger charge is -2.37. The van der Waals surface area contributed by atoms with Crippen LogP contribution in [0, 0.1) is 0 Å². The van der Waals surface area contributed by atoms with E-state index in [2.05, 4.69) is 52.8 Å². The standard InChI is InChI=1S/C15H30N2O2Si/c1-8-13-9-14(10-18)17(16-13)12(2)11-19-20(6,7)15(3,4)5/h9,12,18H,8,10-11H2,1-7H3/t12-/m1/s1. The van der Waals surface area contributed by atoms with E-state index < -0.39 is 8.32 Å². The molecule has 0 aliphatic rings. The highest BCUT2D eigenvalue weighted by Gasteiger charge is 2.37. The largest absolute Gasteiger partial charge is 0.415 e. The third-order valence-corrected chi connectivity index (χ3v) is 8.80. The van der Waals surface area contributed by atoms with E-state index in [0.29, 0.717) is 6.61 Å². The van der Waals surface area contributed by atoms with Crippen LogP contribution in [-0.4, -0.2) is 29.8 Å². The van der Waals surface area contributed by atoms with Gasteiger partial charge in [0.05, 0.1) is 30.6 Å². The quantitative estimate of drug-likeness (QED) is 0.817. The van der Waals surface area contributed by atoms with Crippen molar-refractivity contribution in [1.29, 1.82) is 0 Å². The molecule has 0 aromatic carbocycles. The Balaban J connectivity index is 2.77. The minimum Gasteiger partial charge on any atom is -0.415 e. The molecule has 1 heterocycles. The zero-order valence-electron chi connectivity index (χ0n) is 14.0. The lowest BCUT2D eigenvalue weighted by molar-refractivity contribution is 0.214. The lowest BCUT2D eigenvalue weighted by atomic mass is 10.2. The fourth-order valence-corrected chi connectivity index (χ4v) is 2.87. The van der Waals surface area contributed by atoms with Crippen molar-refractivity contribution in [3.63, 3.8) is 0 Å². The third-order valence-electron chi connectivity index (χ3n) is 4.30. The van der Waals surface area contributed by atoms with E-state index in [9.17, 15) is 5.11 Å². The summed E-state index contributed by atoms with van der Waals surface area (Å²) in [6.45, 7) is 16.1. The second-order valence-electron chi connectivity index (χ2n) is 7.00. The maximum atomic E-state index is 9.44. The molecule has 0 aliphatic carbocycles. The number of aliphatic hydroxyl groups is 1. The molecule has 0 unspecified atom stereocenters. The van der Waals surface area contributed by atoms with Crippen LogP contribution in [0.25, 0.3) is 0 Å². The molecule has 0 aliphatic heterocycles. The Kier molecular flexibility index (Phi) is 5.58. The molecule has 116 valence electrons. The first-order valence-corrected chi connectivity index (χ1v) is 10.3. The van der Waals surface area contributed by atoms with Gasteiger partial charge in [-0.05, 0) is 37.5 Å². The fraction of sp³-hybridized carbons (Fsp3) is 0.800. The predicted molar refractivity (Wildman–Crippen MR) is 85.4 cm³/mol. The third kappa shape index (κ3) is 3.93. The van der Waals surface area contributed by atoms with Crippen molar-refractivity contribution in [3.8, 4) is 0 Å². The first-order chi connectivity index (χ1) is 9.12. The first-order valence-electron chi connectivity index (χ1n) is 7.44. The minimum atomic E-state index is -1.73. The van der Waals surface area contributed by atoms with E-state index in [4.69, 9.17) is 4.43 Å². The Morgan fingerprint density at radius 2 is 2.00 bits per heavy atom. The van der Waals surface area contributed by atoms with Gasteiger partial charge in [0.25, 0.3) is 0 Å². The van der Waals surface area contributed by atoms with Crippen molar-refractivity contribution < 1.29 is 9.53 Å². The fourth-order valence-electron chi connectivity index (χ4n) is 1.78. The number of hydrogen-bond acceptors (Lipinski definition) is 3. The van der Waals surface area contributed by atoms with E-state index >= 15 is 0 Å². The van der Waals surface area contributed by atoms with Crippen LogP contribution in [0.15, 0.2) is 6.07 Å². The molecule has 0 saturated heterocycles. The number of aryl methyl sites for hydroxylation is 1. The highest BCUT2D eigenvalue weighted by molar-refractivity contribution is 6.74. The highest BCUT2D eigenvalue weighted by atomic mass is 28.4. The SMILES string of the molecule is CCc1cc(CO)n([C@H](C)CO[Si](C)(C)C(C)(C)C)n1. The number of aromatic nitrogens is 2. The molecule has 1 aromatic heterocycles. The monoisotopic (exact) mass is 298 g/mol. The van der Waals surface area contributed by atoms with Gasteiger partial charge in [0.1, 0.15) is 0 Å².